The second-order valence-corrected chi connectivity index (χ2v) is 2.75. The van der Waals surface area contributed by atoms with Gasteiger partial charge in [-0.1, -0.05) is 17.6 Å². The molecule has 0 saturated heterocycles. The molecule has 0 aromatic carbocycles. The summed E-state index contributed by atoms with van der Waals surface area (Å²) in [6, 6.07) is 5.74. The second kappa shape index (κ2) is 3.39. The molecule has 60 valence electrons. The Morgan fingerprint density at radius 3 is 2.54 bits per heavy atom. The fraction of sp³-hybridized carbons (Fsp3) is 0. The molecule has 0 aliphatic carbocycles. The molecule has 2 heterocycles. The first-order valence-corrected chi connectivity index (χ1v) is 3.97. The summed E-state index contributed by atoms with van der Waals surface area (Å²) in [6.45, 7) is 0. The molecule has 0 unspecified atom stereocenters. The summed E-state index contributed by atoms with van der Waals surface area (Å²) in [7, 11) is 5.61. The van der Waals surface area contributed by atoms with E-state index < -0.39 is 0 Å². The molecule has 0 amide bonds. The van der Waals surface area contributed by atoms with Gasteiger partial charge in [0.15, 0.2) is 0 Å². The fourth-order valence-corrected chi connectivity index (χ4v) is 1.15. The minimum absolute atomic E-state index is 0.668. The van der Waals surface area contributed by atoms with Crippen LogP contribution in [0.25, 0.3) is 11.1 Å². The van der Waals surface area contributed by atoms with E-state index in [0.717, 1.165) is 11.1 Å². The van der Waals surface area contributed by atoms with Crippen LogP contribution in [0.15, 0.2) is 43.0 Å². The number of nitrogens with zero attached hydrogens (tertiary/aromatic N) is 2. The van der Waals surface area contributed by atoms with E-state index in [2.05, 4.69) is 9.97 Å². The zero-order valence-electron chi connectivity index (χ0n) is 7.01. The number of rotatable bonds is 1. The van der Waals surface area contributed by atoms with E-state index in [-0.39, 0.29) is 0 Å². The van der Waals surface area contributed by atoms with Crippen molar-refractivity contribution in [3.05, 3.63) is 43.0 Å². The Morgan fingerprint density at radius 1 is 1.00 bits per heavy atom. The van der Waals surface area contributed by atoms with Gasteiger partial charge in [-0.15, -0.1) is 0 Å². The molecule has 0 spiro atoms. The zero-order chi connectivity index (χ0) is 9.10. The Hall–Kier alpha value is -1.64. The highest BCUT2D eigenvalue weighted by atomic mass is 14.6. The van der Waals surface area contributed by atoms with Gasteiger partial charge in [-0.25, -0.2) is 0 Å². The lowest BCUT2D eigenvalue weighted by Crippen LogP contribution is -2.02. The number of pyridine rings is 2. The molecular formula is C10H7BN2. The van der Waals surface area contributed by atoms with E-state index in [1.165, 1.54) is 0 Å². The molecule has 2 rings (SSSR count). The van der Waals surface area contributed by atoms with Crippen LogP contribution in [-0.4, -0.2) is 17.8 Å². The number of hydrogen-bond donors (Lipinski definition) is 0. The number of hydrogen-bond acceptors (Lipinski definition) is 2. The van der Waals surface area contributed by atoms with E-state index in [9.17, 15) is 0 Å². The Labute approximate surface area is 78.1 Å². The maximum absolute atomic E-state index is 5.61. The van der Waals surface area contributed by atoms with Gasteiger partial charge in [0.1, 0.15) is 7.85 Å². The third-order valence-electron chi connectivity index (χ3n) is 1.75. The molecule has 0 aliphatic rings. The Balaban J connectivity index is 2.48. The molecule has 2 radical (unpaired) electrons. The lowest BCUT2D eigenvalue weighted by molar-refractivity contribution is 1.31. The van der Waals surface area contributed by atoms with Crippen LogP contribution in [0.1, 0.15) is 0 Å². The highest BCUT2D eigenvalue weighted by Gasteiger charge is 1.96. The summed E-state index contributed by atoms with van der Waals surface area (Å²) in [6.07, 6.45) is 6.92. The second-order valence-electron chi connectivity index (χ2n) is 2.75. The van der Waals surface area contributed by atoms with Crippen molar-refractivity contribution in [1.82, 2.24) is 9.97 Å². The van der Waals surface area contributed by atoms with Crippen LogP contribution in [0.4, 0.5) is 0 Å². The third kappa shape index (κ3) is 1.75. The van der Waals surface area contributed by atoms with E-state index >= 15 is 0 Å². The number of aromatic nitrogens is 2. The van der Waals surface area contributed by atoms with Crippen LogP contribution in [-0.2, 0) is 0 Å². The van der Waals surface area contributed by atoms with Crippen molar-refractivity contribution in [2.75, 3.05) is 0 Å². The molecule has 3 heteroatoms. The van der Waals surface area contributed by atoms with Gasteiger partial charge in [-0.2, -0.15) is 0 Å². The van der Waals surface area contributed by atoms with Crippen molar-refractivity contribution in [2.24, 2.45) is 0 Å². The maximum atomic E-state index is 5.61. The van der Waals surface area contributed by atoms with Crippen molar-refractivity contribution < 1.29 is 0 Å². The first-order chi connectivity index (χ1) is 6.36. The van der Waals surface area contributed by atoms with Crippen molar-refractivity contribution in [3.63, 3.8) is 0 Å². The fourth-order valence-electron chi connectivity index (χ4n) is 1.15. The molecule has 0 fully saturated rings. The highest BCUT2D eigenvalue weighted by Crippen LogP contribution is 2.14. The molecule has 2 nitrogen and oxygen atoms in total. The smallest absolute Gasteiger partial charge is 0.115 e. The normalized spacial score (nSPS) is 9.85. The van der Waals surface area contributed by atoms with Crippen LogP contribution in [0.5, 0.6) is 0 Å². The van der Waals surface area contributed by atoms with Crippen molar-refractivity contribution >= 4 is 13.3 Å². The van der Waals surface area contributed by atoms with E-state index in [0.29, 0.717) is 5.46 Å². The van der Waals surface area contributed by atoms with Gasteiger partial charge in [-0.05, 0) is 6.07 Å². The van der Waals surface area contributed by atoms with Crippen molar-refractivity contribution in [3.8, 4) is 11.1 Å². The lowest BCUT2D eigenvalue weighted by atomic mass is 9.96. The third-order valence-corrected chi connectivity index (χ3v) is 1.75. The monoisotopic (exact) mass is 166 g/mol. The van der Waals surface area contributed by atoms with Gasteiger partial charge in [-0.3, -0.25) is 9.97 Å². The van der Waals surface area contributed by atoms with E-state index in [1.807, 2.05) is 18.2 Å². The van der Waals surface area contributed by atoms with Crippen LogP contribution in [0.2, 0.25) is 0 Å². The molecule has 2 aromatic heterocycles. The zero-order valence-corrected chi connectivity index (χ0v) is 7.01. The van der Waals surface area contributed by atoms with E-state index in [1.54, 1.807) is 24.8 Å². The molecule has 0 saturated carbocycles. The predicted octanol–water partition coefficient (Wildman–Crippen LogP) is 0.937. The topological polar surface area (TPSA) is 25.8 Å². The maximum Gasteiger partial charge on any atom is 0.115 e. The average Bonchev–Trinajstić information content (AvgIpc) is 2.19. The van der Waals surface area contributed by atoms with Gasteiger partial charge in [0.2, 0.25) is 0 Å². The SMILES string of the molecule is [B]c1cncc(-c2cccnc2)c1. The molecule has 0 aliphatic heterocycles. The average molecular weight is 166 g/mol. The Kier molecular flexibility index (Phi) is 2.09. The predicted molar refractivity (Wildman–Crippen MR) is 52.9 cm³/mol. The summed E-state index contributed by atoms with van der Waals surface area (Å²) in [5.74, 6) is 0. The van der Waals surface area contributed by atoms with Crippen LogP contribution in [0, 0.1) is 0 Å². The van der Waals surface area contributed by atoms with Gasteiger partial charge < -0.3 is 0 Å². The first kappa shape index (κ1) is 7.99. The van der Waals surface area contributed by atoms with Crippen molar-refractivity contribution in [1.29, 1.82) is 0 Å². The summed E-state index contributed by atoms with van der Waals surface area (Å²) in [4.78, 5) is 8.03. The molecule has 0 bridgehead atoms. The van der Waals surface area contributed by atoms with Crippen LogP contribution >= 0.6 is 0 Å². The Morgan fingerprint density at radius 2 is 1.85 bits per heavy atom. The van der Waals surface area contributed by atoms with Gasteiger partial charge in [0, 0.05) is 35.9 Å². The van der Waals surface area contributed by atoms with Gasteiger partial charge in [0.25, 0.3) is 0 Å². The minimum atomic E-state index is 0.668. The lowest BCUT2D eigenvalue weighted by Gasteiger charge is -2.00. The Bertz CT molecular complexity index is 401. The van der Waals surface area contributed by atoms with Crippen LogP contribution in [0.3, 0.4) is 0 Å². The summed E-state index contributed by atoms with van der Waals surface area (Å²) in [5, 5.41) is 0. The largest absolute Gasteiger partial charge is 0.265 e. The van der Waals surface area contributed by atoms with Crippen LogP contribution < -0.4 is 5.46 Å². The minimum Gasteiger partial charge on any atom is -0.265 e. The molecular weight excluding hydrogens is 159 g/mol. The molecule has 2 aromatic rings. The highest BCUT2D eigenvalue weighted by molar-refractivity contribution is 6.32. The van der Waals surface area contributed by atoms with E-state index in [4.69, 9.17) is 7.85 Å². The van der Waals surface area contributed by atoms with Gasteiger partial charge in [0.05, 0.1) is 0 Å². The van der Waals surface area contributed by atoms with Crippen molar-refractivity contribution in [2.45, 2.75) is 0 Å². The molecule has 0 N–H and O–H groups in total. The van der Waals surface area contributed by atoms with Gasteiger partial charge >= 0.3 is 0 Å². The first-order valence-electron chi connectivity index (χ1n) is 3.97. The quantitative estimate of drug-likeness (QED) is 0.589. The molecule has 0 atom stereocenters. The summed E-state index contributed by atoms with van der Waals surface area (Å²) >= 11 is 0. The standard InChI is InChI=1S/C10H7BN2/c11-10-4-9(6-13-7-10)8-2-1-3-12-5-8/h1-7H. The molecule has 13 heavy (non-hydrogen) atoms. The summed E-state index contributed by atoms with van der Waals surface area (Å²) in [5.41, 5.74) is 2.69. The summed E-state index contributed by atoms with van der Waals surface area (Å²) < 4.78 is 0.